The number of rotatable bonds is 10. The number of benzene rings is 1. The highest BCUT2D eigenvalue weighted by atomic mass is 32.1. The van der Waals surface area contributed by atoms with E-state index >= 15 is 0 Å². The number of nitrogens with zero attached hydrogens (tertiary/aromatic N) is 1. The Kier molecular flexibility index (Phi) is 9.01. The Morgan fingerprint density at radius 1 is 1.07 bits per heavy atom. The van der Waals surface area contributed by atoms with Gasteiger partial charge in [0.05, 0.1) is 25.3 Å². The number of carbonyl (C=O) groups is 3. The molecule has 2 aromatic rings. The molecule has 0 spiro atoms. The first kappa shape index (κ1) is 23.6. The summed E-state index contributed by atoms with van der Waals surface area (Å²) >= 11 is 1.34. The van der Waals surface area contributed by atoms with Crippen LogP contribution in [0.15, 0.2) is 30.3 Å². The third kappa shape index (κ3) is 6.40. The van der Waals surface area contributed by atoms with E-state index in [0.717, 1.165) is 22.4 Å². The van der Waals surface area contributed by atoms with E-state index in [-0.39, 0.29) is 31.5 Å². The maximum atomic E-state index is 12.6. The summed E-state index contributed by atoms with van der Waals surface area (Å²) in [6, 6.07) is 9.70. The molecule has 0 bridgehead atoms. The minimum atomic E-state index is -0.462. The number of thiophene rings is 1. The fraction of sp³-hybridized carbons (Fsp3) is 0.409. The highest BCUT2D eigenvalue weighted by Crippen LogP contribution is 2.40. The number of anilines is 1. The molecule has 30 heavy (non-hydrogen) atoms. The molecular weight excluding hydrogens is 402 g/mol. The lowest BCUT2D eigenvalue weighted by Gasteiger charge is -2.15. The first-order valence-corrected chi connectivity index (χ1v) is 10.8. The summed E-state index contributed by atoms with van der Waals surface area (Å²) in [4.78, 5) is 39.5. The van der Waals surface area contributed by atoms with E-state index in [1.54, 1.807) is 18.9 Å². The maximum Gasteiger partial charge on any atom is 0.341 e. The van der Waals surface area contributed by atoms with Crippen LogP contribution in [0.25, 0.3) is 10.4 Å². The average Bonchev–Trinajstić information content (AvgIpc) is 3.02. The van der Waals surface area contributed by atoms with Crippen LogP contribution >= 0.6 is 11.3 Å². The van der Waals surface area contributed by atoms with Crippen molar-refractivity contribution in [3.8, 4) is 10.4 Å². The van der Waals surface area contributed by atoms with E-state index in [0.29, 0.717) is 17.1 Å². The molecule has 0 saturated heterocycles. The molecule has 0 saturated carbocycles. The molecule has 7 nitrogen and oxygen atoms in total. The highest BCUT2D eigenvalue weighted by molar-refractivity contribution is 7.20. The van der Waals surface area contributed by atoms with Gasteiger partial charge < -0.3 is 15.4 Å². The van der Waals surface area contributed by atoms with E-state index in [9.17, 15) is 14.4 Å². The zero-order valence-corrected chi connectivity index (χ0v) is 18.7. The molecule has 0 aliphatic carbocycles. The average molecular weight is 432 g/mol. The molecule has 8 heteroatoms. The monoisotopic (exact) mass is 431 g/mol. The van der Waals surface area contributed by atoms with Crippen LogP contribution in [0.2, 0.25) is 0 Å². The largest absolute Gasteiger partial charge is 0.462 e. The second-order valence-electron chi connectivity index (χ2n) is 6.92. The van der Waals surface area contributed by atoms with Gasteiger partial charge >= 0.3 is 5.97 Å². The molecule has 0 atom stereocenters. The molecule has 0 radical (unpaired) electrons. The lowest BCUT2D eigenvalue weighted by atomic mass is 10.1. The predicted molar refractivity (Wildman–Crippen MR) is 120 cm³/mol. The molecule has 0 fully saturated rings. The third-order valence-corrected chi connectivity index (χ3v) is 5.57. The number of carbonyl (C=O) groups excluding carboxylic acids is 3. The molecule has 0 aliphatic rings. The van der Waals surface area contributed by atoms with Crippen LogP contribution in [0.4, 0.5) is 5.00 Å². The fourth-order valence-electron chi connectivity index (χ4n) is 2.95. The van der Waals surface area contributed by atoms with Gasteiger partial charge in [-0.1, -0.05) is 37.3 Å². The molecule has 1 heterocycles. The second kappa shape index (κ2) is 11.5. The van der Waals surface area contributed by atoms with Crippen molar-refractivity contribution in [1.82, 2.24) is 10.2 Å². The van der Waals surface area contributed by atoms with Gasteiger partial charge in [0.25, 0.3) is 0 Å². The van der Waals surface area contributed by atoms with Gasteiger partial charge in [0.1, 0.15) is 5.00 Å². The molecular formula is C22H29N3O4S. The fourth-order valence-corrected chi connectivity index (χ4v) is 4.16. The van der Waals surface area contributed by atoms with Crippen molar-refractivity contribution < 1.29 is 19.1 Å². The number of esters is 1. The first-order chi connectivity index (χ1) is 14.4. The van der Waals surface area contributed by atoms with E-state index in [1.807, 2.05) is 44.2 Å². The zero-order valence-electron chi connectivity index (χ0n) is 17.9. The molecule has 1 aromatic heterocycles. The Labute approximate surface area is 181 Å². The summed E-state index contributed by atoms with van der Waals surface area (Å²) in [7, 11) is 1.70. The Balaban J connectivity index is 2.18. The van der Waals surface area contributed by atoms with Gasteiger partial charge in [-0.3, -0.25) is 14.5 Å². The minimum Gasteiger partial charge on any atom is -0.462 e. The Morgan fingerprint density at radius 3 is 2.37 bits per heavy atom. The minimum absolute atomic E-state index is 0.0272. The Bertz CT molecular complexity index is 880. The summed E-state index contributed by atoms with van der Waals surface area (Å²) in [5.41, 5.74) is 2.11. The molecule has 2 rings (SSSR count). The number of hydrogen-bond donors (Lipinski definition) is 2. The maximum absolute atomic E-state index is 12.6. The molecule has 0 aliphatic heterocycles. The lowest BCUT2D eigenvalue weighted by Crippen LogP contribution is -2.39. The van der Waals surface area contributed by atoms with Gasteiger partial charge in [0.15, 0.2) is 0 Å². The Hall–Kier alpha value is -2.71. The van der Waals surface area contributed by atoms with Crippen LogP contribution in [0.3, 0.4) is 0 Å². The van der Waals surface area contributed by atoms with Crippen LogP contribution in [0.5, 0.6) is 0 Å². The summed E-state index contributed by atoms with van der Waals surface area (Å²) < 4.78 is 5.20. The molecule has 1 aromatic carbocycles. The lowest BCUT2D eigenvalue weighted by molar-refractivity contribution is -0.122. The van der Waals surface area contributed by atoms with Crippen molar-refractivity contribution in [2.75, 3.05) is 38.6 Å². The topological polar surface area (TPSA) is 87.7 Å². The van der Waals surface area contributed by atoms with Gasteiger partial charge in [-0.05, 0) is 38.4 Å². The smallest absolute Gasteiger partial charge is 0.341 e. The summed E-state index contributed by atoms with van der Waals surface area (Å²) in [6.07, 6.45) is 0.855. The van der Waals surface area contributed by atoms with Crippen molar-refractivity contribution in [3.63, 3.8) is 0 Å². The number of hydrogen-bond acceptors (Lipinski definition) is 6. The quantitative estimate of drug-likeness (QED) is 0.564. The summed E-state index contributed by atoms with van der Waals surface area (Å²) in [5.74, 6) is -0.888. The van der Waals surface area contributed by atoms with Gasteiger partial charge in [0, 0.05) is 11.4 Å². The van der Waals surface area contributed by atoms with Crippen molar-refractivity contribution in [1.29, 1.82) is 0 Å². The summed E-state index contributed by atoms with van der Waals surface area (Å²) in [5, 5.41) is 6.07. The number of ether oxygens (including phenoxy) is 1. The van der Waals surface area contributed by atoms with Crippen molar-refractivity contribution in [3.05, 3.63) is 41.5 Å². The molecule has 2 N–H and O–H groups in total. The summed E-state index contributed by atoms with van der Waals surface area (Å²) in [6.45, 7) is 6.58. The van der Waals surface area contributed by atoms with Gasteiger partial charge in [-0.25, -0.2) is 4.79 Å². The van der Waals surface area contributed by atoms with Crippen molar-refractivity contribution in [2.24, 2.45) is 0 Å². The highest BCUT2D eigenvalue weighted by Gasteiger charge is 2.24. The molecule has 162 valence electrons. The molecule has 0 unspecified atom stereocenters. The van der Waals surface area contributed by atoms with Crippen molar-refractivity contribution in [2.45, 2.75) is 27.2 Å². The van der Waals surface area contributed by atoms with E-state index in [1.165, 1.54) is 11.3 Å². The van der Waals surface area contributed by atoms with Gasteiger partial charge in [-0.2, -0.15) is 0 Å². The SMILES string of the molecule is CCCNC(=O)CN(C)CC(=O)Nc1sc(-c2ccccc2)c(C)c1C(=O)OCC. The molecule has 2 amide bonds. The van der Waals surface area contributed by atoms with Crippen LogP contribution in [0, 0.1) is 6.92 Å². The standard InChI is InChI=1S/C22H29N3O4S/c1-5-12-23-17(26)13-25(4)14-18(27)24-21-19(22(28)29-6-2)15(3)20(30-21)16-10-8-7-9-11-16/h7-11H,5-6,12-14H2,1-4H3,(H,23,26)(H,24,27). The van der Waals surface area contributed by atoms with Crippen LogP contribution < -0.4 is 10.6 Å². The van der Waals surface area contributed by atoms with Crippen LogP contribution in [-0.2, 0) is 14.3 Å². The normalized spacial score (nSPS) is 10.7. The van der Waals surface area contributed by atoms with Crippen LogP contribution in [0.1, 0.15) is 36.2 Å². The third-order valence-electron chi connectivity index (χ3n) is 4.31. The van der Waals surface area contributed by atoms with E-state index < -0.39 is 5.97 Å². The zero-order chi connectivity index (χ0) is 22.1. The first-order valence-electron chi connectivity index (χ1n) is 9.98. The second-order valence-corrected chi connectivity index (χ2v) is 7.94. The van der Waals surface area contributed by atoms with Crippen molar-refractivity contribution >= 4 is 34.1 Å². The number of likely N-dealkylation sites (N-methyl/N-ethyl adjacent to an activating group) is 1. The Morgan fingerprint density at radius 2 is 1.73 bits per heavy atom. The van der Waals surface area contributed by atoms with Gasteiger partial charge in [-0.15, -0.1) is 11.3 Å². The van der Waals surface area contributed by atoms with Crippen LogP contribution in [-0.4, -0.2) is 56.0 Å². The van der Waals surface area contributed by atoms with E-state index in [4.69, 9.17) is 4.74 Å². The van der Waals surface area contributed by atoms with E-state index in [2.05, 4.69) is 10.6 Å². The number of amides is 2. The number of nitrogens with one attached hydrogen (secondary N) is 2. The van der Waals surface area contributed by atoms with Gasteiger partial charge in [0.2, 0.25) is 11.8 Å². The predicted octanol–water partition coefficient (Wildman–Crippen LogP) is 3.30.